The van der Waals surface area contributed by atoms with Crippen molar-refractivity contribution in [3.05, 3.63) is 59.2 Å². The number of halogens is 3. The van der Waals surface area contributed by atoms with E-state index in [0.717, 1.165) is 36.3 Å². The zero-order chi connectivity index (χ0) is 21.6. The highest BCUT2D eigenvalue weighted by atomic mass is 19.4. The van der Waals surface area contributed by atoms with Gasteiger partial charge in [-0.25, -0.2) is 4.79 Å². The third-order valence-corrected chi connectivity index (χ3v) is 5.26. The zero-order valence-electron chi connectivity index (χ0n) is 17.0. The second-order valence-electron chi connectivity index (χ2n) is 7.51. The maximum atomic E-state index is 12.8. The molecule has 0 spiro atoms. The van der Waals surface area contributed by atoms with Gasteiger partial charge in [-0.05, 0) is 55.7 Å². The van der Waals surface area contributed by atoms with E-state index in [1.165, 1.54) is 31.4 Å². The fourth-order valence-corrected chi connectivity index (χ4v) is 3.63. The molecule has 1 fully saturated rings. The van der Waals surface area contributed by atoms with Gasteiger partial charge in [-0.1, -0.05) is 31.4 Å². The number of nitrogens with one attached hydrogen (secondary N) is 2. The molecule has 0 aliphatic heterocycles. The van der Waals surface area contributed by atoms with Crippen LogP contribution in [0.5, 0.6) is 0 Å². The maximum absolute atomic E-state index is 12.8. The van der Waals surface area contributed by atoms with E-state index in [9.17, 15) is 18.0 Å². The van der Waals surface area contributed by atoms with Crippen LogP contribution in [0.1, 0.15) is 60.5 Å². The van der Waals surface area contributed by atoms with E-state index < -0.39 is 17.7 Å². The van der Waals surface area contributed by atoms with Gasteiger partial charge in [-0.15, -0.1) is 0 Å². The van der Waals surface area contributed by atoms with Gasteiger partial charge in [-0.2, -0.15) is 13.2 Å². The van der Waals surface area contributed by atoms with Gasteiger partial charge in [0, 0.05) is 12.6 Å². The number of benzene rings is 2. The van der Waals surface area contributed by atoms with Crippen LogP contribution in [0.3, 0.4) is 0 Å². The summed E-state index contributed by atoms with van der Waals surface area (Å²) in [4.78, 5) is 12.1. The summed E-state index contributed by atoms with van der Waals surface area (Å²) >= 11 is 0. The zero-order valence-corrected chi connectivity index (χ0v) is 17.0. The van der Waals surface area contributed by atoms with Crippen molar-refractivity contribution in [2.24, 2.45) is 0 Å². The molecule has 0 radical (unpaired) electrons. The molecule has 30 heavy (non-hydrogen) atoms. The molecule has 0 aromatic heterocycles. The first-order chi connectivity index (χ1) is 14.4. The van der Waals surface area contributed by atoms with Crippen LogP contribution in [-0.2, 0) is 17.5 Å². The first kappa shape index (κ1) is 22.0. The van der Waals surface area contributed by atoms with E-state index in [2.05, 4.69) is 10.6 Å². The molecule has 3 rings (SSSR count). The minimum atomic E-state index is -4.35. The summed E-state index contributed by atoms with van der Waals surface area (Å²) in [6.45, 7) is 2.37. The minimum Gasteiger partial charge on any atom is -0.462 e. The predicted molar refractivity (Wildman–Crippen MR) is 112 cm³/mol. The van der Waals surface area contributed by atoms with Crippen molar-refractivity contribution in [3.8, 4) is 0 Å². The van der Waals surface area contributed by atoms with E-state index in [-0.39, 0.29) is 6.61 Å². The fourth-order valence-electron chi connectivity index (χ4n) is 3.63. The number of esters is 1. The van der Waals surface area contributed by atoms with E-state index in [0.29, 0.717) is 23.7 Å². The van der Waals surface area contributed by atoms with Crippen molar-refractivity contribution in [3.63, 3.8) is 0 Å². The Hall–Kier alpha value is -2.70. The fraction of sp³-hybridized carbons (Fsp3) is 0.435. The monoisotopic (exact) mass is 420 g/mol. The number of rotatable bonds is 7. The van der Waals surface area contributed by atoms with Crippen molar-refractivity contribution in [2.75, 3.05) is 17.2 Å². The van der Waals surface area contributed by atoms with Crippen LogP contribution in [0, 0.1) is 0 Å². The van der Waals surface area contributed by atoms with Gasteiger partial charge >= 0.3 is 12.1 Å². The lowest BCUT2D eigenvalue weighted by Gasteiger charge is -2.25. The Bertz CT molecular complexity index is 845. The lowest BCUT2D eigenvalue weighted by atomic mass is 9.95. The van der Waals surface area contributed by atoms with Crippen LogP contribution >= 0.6 is 0 Å². The molecule has 0 amide bonds. The van der Waals surface area contributed by atoms with Gasteiger partial charge in [0.1, 0.15) is 0 Å². The highest BCUT2D eigenvalue weighted by molar-refractivity contribution is 5.92. The minimum absolute atomic E-state index is 0.287. The molecule has 4 nitrogen and oxygen atoms in total. The van der Waals surface area contributed by atoms with Crippen molar-refractivity contribution in [2.45, 2.75) is 57.8 Å². The number of hydrogen-bond acceptors (Lipinski definition) is 4. The van der Waals surface area contributed by atoms with E-state index in [4.69, 9.17) is 4.74 Å². The average molecular weight is 420 g/mol. The molecule has 1 aliphatic rings. The highest BCUT2D eigenvalue weighted by Crippen LogP contribution is 2.30. The molecule has 0 atom stereocenters. The van der Waals surface area contributed by atoms with Crippen LogP contribution in [0.25, 0.3) is 0 Å². The third kappa shape index (κ3) is 5.90. The summed E-state index contributed by atoms with van der Waals surface area (Å²) in [6, 6.07) is 10.8. The molecule has 0 unspecified atom stereocenters. The maximum Gasteiger partial charge on any atom is 0.416 e. The first-order valence-electron chi connectivity index (χ1n) is 10.3. The lowest BCUT2D eigenvalue weighted by Crippen LogP contribution is -2.23. The molecule has 7 heteroatoms. The number of ether oxygens (including phenoxy) is 1. The first-order valence-corrected chi connectivity index (χ1v) is 10.3. The Balaban J connectivity index is 1.76. The Morgan fingerprint density at radius 2 is 1.73 bits per heavy atom. The quantitative estimate of drug-likeness (QED) is 0.521. The number of carbonyl (C=O) groups is 1. The summed E-state index contributed by atoms with van der Waals surface area (Å²) in [7, 11) is 0. The Morgan fingerprint density at radius 3 is 2.37 bits per heavy atom. The molecule has 0 saturated heterocycles. The summed E-state index contributed by atoms with van der Waals surface area (Å²) in [5.74, 6) is -0.403. The smallest absolute Gasteiger partial charge is 0.416 e. The van der Waals surface area contributed by atoms with Crippen LogP contribution < -0.4 is 10.6 Å². The van der Waals surface area contributed by atoms with Gasteiger partial charge in [0.25, 0.3) is 0 Å². The molecule has 0 bridgehead atoms. The highest BCUT2D eigenvalue weighted by Gasteiger charge is 2.29. The second kappa shape index (κ2) is 9.87. The van der Waals surface area contributed by atoms with Gasteiger partial charge in [0.2, 0.25) is 0 Å². The molecule has 1 aliphatic carbocycles. The van der Waals surface area contributed by atoms with Gasteiger partial charge in [-0.3, -0.25) is 0 Å². The predicted octanol–water partition coefficient (Wildman–Crippen LogP) is 6.24. The summed E-state index contributed by atoms with van der Waals surface area (Å²) in [5.41, 5.74) is 2.08. The molecule has 0 heterocycles. The molecular weight excluding hydrogens is 393 g/mol. The number of hydrogen-bond donors (Lipinski definition) is 2. The molecule has 2 N–H and O–H groups in total. The molecule has 2 aromatic rings. The SMILES string of the molecule is CCOC(=O)c1ccc(NC2CCCCC2)c(NCc2ccc(C(F)(F)F)cc2)c1. The van der Waals surface area contributed by atoms with Crippen molar-refractivity contribution >= 4 is 17.3 Å². The summed E-state index contributed by atoms with van der Waals surface area (Å²) in [5, 5.41) is 6.81. The molecule has 2 aromatic carbocycles. The third-order valence-electron chi connectivity index (χ3n) is 5.26. The largest absolute Gasteiger partial charge is 0.462 e. The number of carbonyl (C=O) groups excluding carboxylic acids is 1. The Labute approximate surface area is 174 Å². The summed E-state index contributed by atoms with van der Waals surface area (Å²) in [6.07, 6.45) is 1.46. The topological polar surface area (TPSA) is 50.4 Å². The van der Waals surface area contributed by atoms with E-state index in [1.54, 1.807) is 19.1 Å². The standard InChI is InChI=1S/C23H27F3N2O2/c1-2-30-22(29)17-10-13-20(28-19-6-4-3-5-7-19)21(14-17)27-15-16-8-11-18(12-9-16)23(24,25)26/h8-14,19,27-28H,2-7,15H2,1H3. The Morgan fingerprint density at radius 1 is 1.03 bits per heavy atom. The van der Waals surface area contributed by atoms with Gasteiger partial charge in [0.15, 0.2) is 0 Å². The van der Waals surface area contributed by atoms with Crippen LogP contribution in [0.2, 0.25) is 0 Å². The Kier molecular flexibility index (Phi) is 7.24. The van der Waals surface area contributed by atoms with Gasteiger partial charge in [0.05, 0.1) is 29.1 Å². The van der Waals surface area contributed by atoms with Crippen LogP contribution in [0.15, 0.2) is 42.5 Å². The average Bonchev–Trinajstić information content (AvgIpc) is 2.73. The van der Waals surface area contributed by atoms with Crippen LogP contribution in [0.4, 0.5) is 24.5 Å². The number of alkyl halides is 3. The van der Waals surface area contributed by atoms with Crippen molar-refractivity contribution < 1.29 is 22.7 Å². The lowest BCUT2D eigenvalue weighted by molar-refractivity contribution is -0.137. The van der Waals surface area contributed by atoms with E-state index in [1.807, 2.05) is 6.07 Å². The second-order valence-corrected chi connectivity index (χ2v) is 7.51. The molecule has 1 saturated carbocycles. The normalized spacial score (nSPS) is 14.9. The van der Waals surface area contributed by atoms with Crippen LogP contribution in [-0.4, -0.2) is 18.6 Å². The molecular formula is C23H27F3N2O2. The number of anilines is 2. The molecule has 162 valence electrons. The van der Waals surface area contributed by atoms with Gasteiger partial charge < -0.3 is 15.4 Å². The van der Waals surface area contributed by atoms with E-state index >= 15 is 0 Å². The van der Waals surface area contributed by atoms with Crippen molar-refractivity contribution in [1.82, 2.24) is 0 Å². The van der Waals surface area contributed by atoms with Crippen molar-refractivity contribution in [1.29, 1.82) is 0 Å². The summed E-state index contributed by atoms with van der Waals surface area (Å²) < 4.78 is 43.4.